The number of ether oxygens (including phenoxy) is 1. The molecule has 0 radical (unpaired) electrons. The van der Waals surface area contributed by atoms with Gasteiger partial charge in [-0.05, 0) is 24.6 Å². The van der Waals surface area contributed by atoms with E-state index in [4.69, 9.17) is 4.74 Å². The lowest BCUT2D eigenvalue weighted by atomic mass is 10.1. The molecule has 0 aliphatic rings. The molecule has 0 spiro atoms. The van der Waals surface area contributed by atoms with Gasteiger partial charge in [0, 0.05) is 46.9 Å². The van der Waals surface area contributed by atoms with E-state index in [1.165, 1.54) is 11.1 Å². The lowest BCUT2D eigenvalue weighted by Gasteiger charge is -2.18. The molecule has 2 N–H and O–H groups in total. The van der Waals surface area contributed by atoms with Crippen LogP contribution >= 0.6 is 0 Å². The molecule has 1 heterocycles. The molecule has 0 aliphatic carbocycles. The second kappa shape index (κ2) is 12.0. The van der Waals surface area contributed by atoms with Crippen LogP contribution in [0.3, 0.4) is 0 Å². The Morgan fingerprint density at radius 3 is 2.85 bits per heavy atom. The van der Waals surface area contributed by atoms with Gasteiger partial charge in [-0.2, -0.15) is 5.10 Å². The Morgan fingerprint density at radius 1 is 1.26 bits per heavy atom. The summed E-state index contributed by atoms with van der Waals surface area (Å²) < 4.78 is 6.90. The Bertz CT molecular complexity index is 672. The summed E-state index contributed by atoms with van der Waals surface area (Å²) in [4.78, 5) is 10.6. The number of aliphatic imine (C=N–C) groups is 1. The van der Waals surface area contributed by atoms with E-state index in [1.807, 2.05) is 4.68 Å². The molecule has 27 heavy (non-hydrogen) atoms. The summed E-state index contributed by atoms with van der Waals surface area (Å²) in [6, 6.07) is 8.44. The van der Waals surface area contributed by atoms with Gasteiger partial charge in [0.2, 0.25) is 0 Å². The van der Waals surface area contributed by atoms with Crippen molar-refractivity contribution in [2.45, 2.75) is 19.5 Å². The summed E-state index contributed by atoms with van der Waals surface area (Å²) >= 11 is 0. The molecule has 0 fully saturated rings. The molecule has 8 heteroatoms. The van der Waals surface area contributed by atoms with Crippen molar-refractivity contribution in [2.24, 2.45) is 4.99 Å². The molecule has 1 aromatic carbocycles. The van der Waals surface area contributed by atoms with Crippen molar-refractivity contribution in [3.05, 3.63) is 48.0 Å². The number of benzene rings is 1. The minimum atomic E-state index is 0.717. The van der Waals surface area contributed by atoms with Crippen LogP contribution in [0.4, 0.5) is 0 Å². The minimum absolute atomic E-state index is 0.717. The average Bonchev–Trinajstić information content (AvgIpc) is 3.18. The van der Waals surface area contributed by atoms with Crippen molar-refractivity contribution in [1.29, 1.82) is 0 Å². The van der Waals surface area contributed by atoms with Crippen LogP contribution in [0.5, 0.6) is 0 Å². The van der Waals surface area contributed by atoms with E-state index in [0.29, 0.717) is 6.54 Å². The van der Waals surface area contributed by atoms with E-state index in [1.54, 1.807) is 26.8 Å². The van der Waals surface area contributed by atoms with Crippen LogP contribution in [0.25, 0.3) is 0 Å². The molecule has 0 saturated heterocycles. The fourth-order valence-electron chi connectivity index (χ4n) is 2.70. The first-order valence-electron chi connectivity index (χ1n) is 9.23. The SMILES string of the molecule is CN=C(NCCN(C)CCCOC)NCc1cccc(Cn2cncn2)c1. The van der Waals surface area contributed by atoms with Crippen LogP contribution in [0.1, 0.15) is 17.5 Å². The molecule has 0 unspecified atom stereocenters. The van der Waals surface area contributed by atoms with Gasteiger partial charge in [-0.3, -0.25) is 4.99 Å². The number of likely N-dealkylation sites (N-methyl/N-ethyl adjacent to an activating group) is 1. The molecular formula is C19H31N7O. The number of hydrogen-bond acceptors (Lipinski definition) is 5. The third-order valence-corrected chi connectivity index (χ3v) is 4.16. The Hall–Kier alpha value is -2.45. The molecule has 148 valence electrons. The van der Waals surface area contributed by atoms with Crippen molar-refractivity contribution >= 4 is 5.96 Å². The third kappa shape index (κ3) is 8.19. The van der Waals surface area contributed by atoms with E-state index >= 15 is 0 Å². The van der Waals surface area contributed by atoms with Crippen molar-refractivity contribution in [3.8, 4) is 0 Å². The number of methoxy groups -OCH3 is 1. The van der Waals surface area contributed by atoms with Crippen molar-refractivity contribution < 1.29 is 4.74 Å². The summed E-state index contributed by atoms with van der Waals surface area (Å²) in [6.45, 7) is 5.06. The van der Waals surface area contributed by atoms with Gasteiger partial charge in [0.15, 0.2) is 5.96 Å². The minimum Gasteiger partial charge on any atom is -0.385 e. The maximum Gasteiger partial charge on any atom is 0.191 e. The molecule has 2 rings (SSSR count). The van der Waals surface area contributed by atoms with Crippen LogP contribution in [-0.2, 0) is 17.8 Å². The zero-order valence-electron chi connectivity index (χ0n) is 16.6. The predicted molar refractivity (Wildman–Crippen MR) is 108 cm³/mol. The number of rotatable bonds is 11. The Morgan fingerprint density at radius 2 is 2.11 bits per heavy atom. The van der Waals surface area contributed by atoms with Gasteiger partial charge in [-0.15, -0.1) is 0 Å². The summed E-state index contributed by atoms with van der Waals surface area (Å²) in [6.07, 6.45) is 4.32. The first-order chi connectivity index (χ1) is 13.2. The van der Waals surface area contributed by atoms with Crippen LogP contribution < -0.4 is 10.6 Å². The highest BCUT2D eigenvalue weighted by Crippen LogP contribution is 2.06. The van der Waals surface area contributed by atoms with Gasteiger partial charge in [0.05, 0.1) is 6.54 Å². The second-order valence-corrected chi connectivity index (χ2v) is 6.42. The normalized spacial score (nSPS) is 11.8. The average molecular weight is 374 g/mol. The largest absolute Gasteiger partial charge is 0.385 e. The zero-order chi connectivity index (χ0) is 19.3. The first-order valence-corrected chi connectivity index (χ1v) is 9.23. The van der Waals surface area contributed by atoms with Gasteiger partial charge >= 0.3 is 0 Å². The lowest BCUT2D eigenvalue weighted by Crippen LogP contribution is -2.40. The van der Waals surface area contributed by atoms with Crippen molar-refractivity contribution in [2.75, 3.05) is 47.4 Å². The van der Waals surface area contributed by atoms with Crippen LogP contribution in [-0.4, -0.2) is 73.1 Å². The smallest absolute Gasteiger partial charge is 0.191 e. The van der Waals surface area contributed by atoms with E-state index in [2.05, 4.69) is 61.9 Å². The Balaban J connectivity index is 1.72. The van der Waals surface area contributed by atoms with Crippen molar-refractivity contribution in [1.82, 2.24) is 30.3 Å². The van der Waals surface area contributed by atoms with Gasteiger partial charge in [-0.25, -0.2) is 9.67 Å². The summed E-state index contributed by atoms with van der Waals surface area (Å²) in [5.74, 6) is 0.807. The standard InChI is InChI=1S/C19H31N7O/c1-20-19(22-8-10-25(2)9-5-11-27-3)23-13-17-6-4-7-18(12-17)14-26-16-21-15-24-26/h4,6-7,12,15-16H,5,8-11,13-14H2,1-3H3,(H2,20,22,23). The van der Waals surface area contributed by atoms with Gasteiger partial charge in [-0.1, -0.05) is 24.3 Å². The van der Waals surface area contributed by atoms with Gasteiger partial charge in [0.25, 0.3) is 0 Å². The van der Waals surface area contributed by atoms with Gasteiger partial charge < -0.3 is 20.3 Å². The molecule has 0 aliphatic heterocycles. The lowest BCUT2D eigenvalue weighted by molar-refractivity contribution is 0.180. The number of hydrogen-bond donors (Lipinski definition) is 2. The van der Waals surface area contributed by atoms with Gasteiger partial charge in [0.1, 0.15) is 12.7 Å². The third-order valence-electron chi connectivity index (χ3n) is 4.16. The van der Waals surface area contributed by atoms with Crippen LogP contribution in [0.2, 0.25) is 0 Å². The van der Waals surface area contributed by atoms with E-state index in [-0.39, 0.29) is 0 Å². The summed E-state index contributed by atoms with van der Waals surface area (Å²) in [5.41, 5.74) is 2.40. The first kappa shape index (κ1) is 20.9. The van der Waals surface area contributed by atoms with Crippen LogP contribution in [0.15, 0.2) is 41.9 Å². The fraction of sp³-hybridized carbons (Fsp3) is 0.526. The predicted octanol–water partition coefficient (Wildman–Crippen LogP) is 0.960. The molecule has 0 saturated carbocycles. The quantitative estimate of drug-likeness (QED) is 0.347. The highest BCUT2D eigenvalue weighted by Gasteiger charge is 2.02. The highest BCUT2D eigenvalue weighted by molar-refractivity contribution is 5.79. The molecule has 2 aromatic rings. The number of aromatic nitrogens is 3. The number of nitrogens with zero attached hydrogens (tertiary/aromatic N) is 5. The Kier molecular flexibility index (Phi) is 9.29. The summed E-state index contributed by atoms with van der Waals surface area (Å²) in [5, 5.41) is 10.9. The monoisotopic (exact) mass is 373 g/mol. The maximum atomic E-state index is 5.08. The number of nitrogens with one attached hydrogen (secondary N) is 2. The summed E-state index contributed by atoms with van der Waals surface area (Å²) in [7, 11) is 5.65. The molecule has 1 aromatic heterocycles. The van der Waals surface area contributed by atoms with Crippen LogP contribution in [0, 0.1) is 0 Å². The molecule has 0 atom stereocenters. The van der Waals surface area contributed by atoms with E-state index < -0.39 is 0 Å². The Labute approximate surface area is 161 Å². The van der Waals surface area contributed by atoms with E-state index in [9.17, 15) is 0 Å². The van der Waals surface area contributed by atoms with E-state index in [0.717, 1.165) is 45.2 Å². The molecule has 0 bridgehead atoms. The topological polar surface area (TPSA) is 79.6 Å². The molecule has 0 amide bonds. The maximum absolute atomic E-state index is 5.08. The molecule has 8 nitrogen and oxygen atoms in total. The highest BCUT2D eigenvalue weighted by atomic mass is 16.5. The van der Waals surface area contributed by atoms with Crippen molar-refractivity contribution in [3.63, 3.8) is 0 Å². The fourth-order valence-corrected chi connectivity index (χ4v) is 2.70. The number of guanidine groups is 1. The second-order valence-electron chi connectivity index (χ2n) is 6.42. The molecular weight excluding hydrogens is 342 g/mol. The zero-order valence-corrected chi connectivity index (χ0v) is 16.6.